The van der Waals surface area contributed by atoms with Gasteiger partial charge in [-0.05, 0) is 95.5 Å². The Morgan fingerprint density at radius 1 is 0.476 bits per heavy atom. The van der Waals surface area contributed by atoms with Gasteiger partial charge in [0.2, 0.25) is 0 Å². The van der Waals surface area contributed by atoms with Gasteiger partial charge in [0, 0.05) is 26.3 Å². The maximum atomic E-state index is 10.3. The molecule has 0 atom stereocenters. The van der Waals surface area contributed by atoms with Crippen LogP contribution in [0.3, 0.4) is 0 Å². The van der Waals surface area contributed by atoms with Crippen molar-refractivity contribution in [3.63, 3.8) is 0 Å². The first-order chi connectivity index (χ1) is 19.3. The van der Waals surface area contributed by atoms with Crippen LogP contribution in [0.4, 0.5) is 0 Å². The lowest BCUT2D eigenvalue weighted by Gasteiger charge is -2.26. The molecule has 0 bridgehead atoms. The molecule has 42 heavy (non-hydrogen) atoms. The van der Waals surface area contributed by atoms with Gasteiger partial charge < -0.3 is 20.4 Å². The number of phenols is 4. The minimum atomic E-state index is -0.151. The van der Waals surface area contributed by atoms with Gasteiger partial charge in [-0.15, -0.1) is 0 Å². The minimum Gasteiger partial charge on any atom is -0.508 e. The summed E-state index contributed by atoms with van der Waals surface area (Å²) in [6, 6.07) is 22.3. The largest absolute Gasteiger partial charge is 0.508 e. The summed E-state index contributed by atoms with van der Waals surface area (Å²) in [6.07, 6.45) is 0. The van der Waals surface area contributed by atoms with Crippen molar-refractivity contribution in [1.29, 1.82) is 0 Å². The third-order valence-corrected chi connectivity index (χ3v) is 8.92. The van der Waals surface area contributed by atoms with Crippen LogP contribution < -0.4 is 0 Å². The average molecular weight is 587 g/mol. The monoisotopic (exact) mass is 586 g/mol. The topological polar surface area (TPSA) is 80.9 Å². The molecule has 224 valence electrons. The number of rotatable bonds is 4. The van der Waals surface area contributed by atoms with Crippen LogP contribution >= 0.6 is 11.8 Å². The van der Waals surface area contributed by atoms with Crippen LogP contribution in [-0.2, 0) is 16.2 Å². The molecule has 4 aromatic rings. The molecule has 4 N–H and O–H groups in total. The molecule has 0 aromatic heterocycles. The van der Waals surface area contributed by atoms with Crippen LogP contribution in [0.2, 0.25) is 0 Å². The average Bonchev–Trinajstić information content (AvgIpc) is 2.86. The number of aromatic hydroxyl groups is 4. The number of aryl methyl sites for hydroxylation is 2. The predicted molar refractivity (Wildman–Crippen MR) is 176 cm³/mol. The first kappa shape index (κ1) is 32.9. The van der Waals surface area contributed by atoms with Crippen LogP contribution in [0.1, 0.15) is 88.8 Å². The van der Waals surface area contributed by atoms with Crippen LogP contribution in [0.15, 0.2) is 82.6 Å². The maximum Gasteiger partial charge on any atom is 0.119 e. The van der Waals surface area contributed by atoms with Crippen molar-refractivity contribution >= 4 is 11.8 Å². The van der Waals surface area contributed by atoms with E-state index in [1.165, 1.54) is 0 Å². The smallest absolute Gasteiger partial charge is 0.119 e. The first-order valence-corrected chi connectivity index (χ1v) is 15.1. The fourth-order valence-electron chi connectivity index (χ4n) is 4.81. The molecule has 0 unspecified atom stereocenters. The zero-order chi connectivity index (χ0) is 31.6. The van der Waals surface area contributed by atoms with E-state index < -0.39 is 0 Å². The van der Waals surface area contributed by atoms with Crippen molar-refractivity contribution in [3.05, 3.63) is 106 Å². The second-order valence-electron chi connectivity index (χ2n) is 13.6. The van der Waals surface area contributed by atoms with Gasteiger partial charge in [-0.2, -0.15) is 0 Å². The fourth-order valence-corrected chi connectivity index (χ4v) is 5.84. The quantitative estimate of drug-likeness (QED) is 0.191. The second-order valence-corrected chi connectivity index (χ2v) is 14.7. The van der Waals surface area contributed by atoms with E-state index in [9.17, 15) is 20.4 Å². The number of phenolic OH excluding ortho intramolecular Hbond substituents is 4. The van der Waals surface area contributed by atoms with Crippen molar-refractivity contribution < 1.29 is 20.4 Å². The lowest BCUT2D eigenvalue weighted by Crippen LogP contribution is -2.18. The summed E-state index contributed by atoms with van der Waals surface area (Å²) in [7, 11) is 0. The lowest BCUT2D eigenvalue weighted by molar-refractivity contribution is 0.444. The van der Waals surface area contributed by atoms with Gasteiger partial charge in [0.15, 0.2) is 0 Å². The molecular formula is C37H46O4S. The highest BCUT2D eigenvalue weighted by Crippen LogP contribution is 2.42. The zero-order valence-electron chi connectivity index (χ0n) is 26.6. The van der Waals surface area contributed by atoms with Crippen molar-refractivity contribution in [3.8, 4) is 23.0 Å². The predicted octanol–water partition coefficient (Wildman–Crippen LogP) is 9.88. The van der Waals surface area contributed by atoms with Gasteiger partial charge in [-0.3, -0.25) is 0 Å². The summed E-state index contributed by atoms with van der Waals surface area (Å²) >= 11 is 1.70. The van der Waals surface area contributed by atoms with Crippen LogP contribution in [0, 0.1) is 13.8 Å². The Kier molecular flexibility index (Phi) is 9.68. The normalized spacial score (nSPS) is 12.0. The molecule has 0 aliphatic rings. The van der Waals surface area contributed by atoms with Gasteiger partial charge in [0.1, 0.15) is 23.0 Å². The molecule has 4 aromatic carbocycles. The molecule has 0 radical (unpaired) electrons. The van der Waals surface area contributed by atoms with E-state index in [1.54, 1.807) is 36.0 Å². The maximum absolute atomic E-state index is 10.3. The molecule has 4 rings (SSSR count). The molecular weight excluding hydrogens is 540 g/mol. The minimum absolute atomic E-state index is 0.117. The summed E-state index contributed by atoms with van der Waals surface area (Å²) in [5.74, 6) is 1.25. The Labute approximate surface area is 256 Å². The number of hydrogen-bond donors (Lipinski definition) is 4. The molecule has 0 fully saturated rings. The van der Waals surface area contributed by atoms with E-state index >= 15 is 0 Å². The van der Waals surface area contributed by atoms with E-state index in [0.717, 1.165) is 43.2 Å². The third-order valence-electron chi connectivity index (χ3n) is 7.60. The van der Waals surface area contributed by atoms with Crippen LogP contribution in [0.25, 0.3) is 0 Å². The number of benzene rings is 4. The zero-order valence-corrected chi connectivity index (χ0v) is 27.4. The standard InChI is InChI=1S/C22H30O2S.C15H16O2/c1-13-9-17(23)15(21(3,4)5)11-19(13)25-20-12-16(22(6,7)8)18(24)10-14(20)2;1-15(2,11-3-7-13(16)8-4-11)12-5-9-14(17)10-6-12/h9-12,23-24H,1-8H3;3-10,16-17H,1-2H3. The molecule has 5 heteroatoms. The summed E-state index contributed by atoms with van der Waals surface area (Å²) in [6.45, 7) is 20.9. The van der Waals surface area contributed by atoms with Crippen LogP contribution in [0.5, 0.6) is 23.0 Å². The van der Waals surface area contributed by atoms with Gasteiger partial charge in [-0.1, -0.05) is 91.4 Å². The Hall–Kier alpha value is -3.57. The molecule has 0 aliphatic heterocycles. The Balaban J connectivity index is 0.000000247. The Bertz CT molecular complexity index is 1410. The molecule has 0 amide bonds. The lowest BCUT2D eigenvalue weighted by atomic mass is 9.78. The van der Waals surface area contributed by atoms with Crippen molar-refractivity contribution in [2.45, 2.75) is 95.3 Å². The van der Waals surface area contributed by atoms with E-state index in [1.807, 2.05) is 50.2 Å². The van der Waals surface area contributed by atoms with Gasteiger partial charge in [0.05, 0.1) is 0 Å². The summed E-state index contributed by atoms with van der Waals surface area (Å²) < 4.78 is 0. The van der Waals surface area contributed by atoms with E-state index in [-0.39, 0.29) is 27.7 Å². The van der Waals surface area contributed by atoms with E-state index in [2.05, 4.69) is 67.5 Å². The van der Waals surface area contributed by atoms with E-state index in [4.69, 9.17) is 0 Å². The second kappa shape index (κ2) is 12.3. The van der Waals surface area contributed by atoms with Gasteiger partial charge in [-0.25, -0.2) is 0 Å². The molecule has 0 spiro atoms. The van der Waals surface area contributed by atoms with Crippen LogP contribution in [-0.4, -0.2) is 20.4 Å². The highest BCUT2D eigenvalue weighted by Gasteiger charge is 2.24. The van der Waals surface area contributed by atoms with Crippen molar-refractivity contribution in [1.82, 2.24) is 0 Å². The van der Waals surface area contributed by atoms with Crippen molar-refractivity contribution in [2.75, 3.05) is 0 Å². The summed E-state index contributed by atoms with van der Waals surface area (Å²) in [4.78, 5) is 2.27. The molecule has 0 heterocycles. The number of hydrogen-bond acceptors (Lipinski definition) is 5. The first-order valence-electron chi connectivity index (χ1n) is 14.3. The highest BCUT2D eigenvalue weighted by molar-refractivity contribution is 7.99. The molecule has 0 aliphatic carbocycles. The van der Waals surface area contributed by atoms with Gasteiger partial charge >= 0.3 is 0 Å². The highest BCUT2D eigenvalue weighted by atomic mass is 32.2. The molecule has 0 saturated heterocycles. The molecule has 0 saturated carbocycles. The Morgan fingerprint density at radius 3 is 1.07 bits per heavy atom. The van der Waals surface area contributed by atoms with Crippen molar-refractivity contribution in [2.24, 2.45) is 0 Å². The summed E-state index contributed by atoms with van der Waals surface area (Å²) in [5.41, 5.74) is 5.88. The SMILES string of the molecule is CC(C)(c1ccc(O)cc1)c1ccc(O)cc1.Cc1cc(O)c(C(C)(C)C)cc1Sc1cc(C(C)(C)C)c(O)cc1C. The van der Waals surface area contributed by atoms with E-state index in [0.29, 0.717) is 11.5 Å². The van der Waals surface area contributed by atoms with Gasteiger partial charge in [0.25, 0.3) is 0 Å². The Morgan fingerprint density at radius 2 is 0.786 bits per heavy atom. The third kappa shape index (κ3) is 7.83. The fraction of sp³-hybridized carbons (Fsp3) is 0.351. The summed E-state index contributed by atoms with van der Waals surface area (Å²) in [5, 5.41) is 39.2. The molecule has 4 nitrogen and oxygen atoms in total.